The monoisotopic (exact) mass is 493 g/mol. The van der Waals surface area contributed by atoms with Gasteiger partial charge in [0.1, 0.15) is 23.4 Å². The highest BCUT2D eigenvalue weighted by Gasteiger charge is 2.37. The number of benzene rings is 1. The normalized spacial score (nSPS) is 16.3. The second-order valence-electron chi connectivity index (χ2n) is 9.72. The third-order valence-electron chi connectivity index (χ3n) is 5.66. The molecule has 0 spiro atoms. The van der Waals surface area contributed by atoms with Gasteiger partial charge >= 0.3 is 6.09 Å². The lowest BCUT2D eigenvalue weighted by Crippen LogP contribution is -2.54. The smallest absolute Gasteiger partial charge is 0.408 e. The lowest BCUT2D eigenvalue weighted by atomic mass is 9.94. The number of hydrogen-bond donors (Lipinski definition) is 4. The van der Waals surface area contributed by atoms with Gasteiger partial charge in [-0.15, -0.1) is 0 Å². The van der Waals surface area contributed by atoms with Crippen molar-refractivity contribution in [2.45, 2.75) is 89.9 Å². The predicted molar refractivity (Wildman–Crippen MR) is 135 cm³/mol. The van der Waals surface area contributed by atoms with Crippen LogP contribution >= 0.6 is 12.6 Å². The number of phenolic OH excluding ortho intramolecular Hbond substituents is 1. The Morgan fingerprint density at radius 2 is 1.82 bits per heavy atom. The van der Waals surface area contributed by atoms with E-state index in [1.54, 1.807) is 39.0 Å². The predicted octanol–water partition coefficient (Wildman–Crippen LogP) is 3.94. The van der Waals surface area contributed by atoms with Crippen LogP contribution in [0.2, 0.25) is 0 Å². The Morgan fingerprint density at radius 3 is 2.38 bits per heavy atom. The average molecular weight is 494 g/mol. The summed E-state index contributed by atoms with van der Waals surface area (Å²) in [7, 11) is 0. The molecular weight excluding hydrogens is 454 g/mol. The van der Waals surface area contributed by atoms with E-state index in [2.05, 4.69) is 23.3 Å². The molecule has 1 saturated carbocycles. The van der Waals surface area contributed by atoms with E-state index in [-0.39, 0.29) is 30.0 Å². The summed E-state index contributed by atoms with van der Waals surface area (Å²) in [6, 6.07) is 4.53. The first-order valence-corrected chi connectivity index (χ1v) is 12.7. The molecule has 2 atom stereocenters. The molecule has 0 saturated heterocycles. The zero-order valence-corrected chi connectivity index (χ0v) is 21.6. The Kier molecular flexibility index (Phi) is 10.5. The zero-order chi connectivity index (χ0) is 25.3. The first-order chi connectivity index (χ1) is 16.1. The Balaban J connectivity index is 2.36. The highest BCUT2D eigenvalue weighted by atomic mass is 32.1. The number of phenols is 1. The number of nitrogens with one attached hydrogen (secondary N) is 2. The molecule has 34 heavy (non-hydrogen) atoms. The topological polar surface area (TPSA) is 108 Å². The largest absolute Gasteiger partial charge is 0.508 e. The van der Waals surface area contributed by atoms with Crippen molar-refractivity contribution in [2.24, 2.45) is 0 Å². The average Bonchev–Trinajstić information content (AvgIpc) is 2.77. The van der Waals surface area contributed by atoms with Crippen molar-refractivity contribution < 1.29 is 24.2 Å². The third-order valence-corrected chi connectivity index (χ3v) is 6.03. The standard InChI is InChI=1S/C25H39N3O5S/c1-5-15-28(23(31)19(16-34)27-24(32)33-25(2,3)4)21(18-13-9-10-14-20(18)29)22(30)26-17-11-7-6-8-12-17/h9-10,13-14,17,19,21,29,34H,5-8,11-12,15-16H2,1-4H3,(H,26,30)(H,27,32). The maximum Gasteiger partial charge on any atom is 0.408 e. The molecule has 3 amide bonds. The number of carbonyl (C=O) groups excluding carboxylic acids is 3. The van der Waals surface area contributed by atoms with Crippen LogP contribution in [0.5, 0.6) is 5.75 Å². The number of hydrogen-bond acceptors (Lipinski definition) is 6. The third kappa shape index (κ3) is 8.11. The van der Waals surface area contributed by atoms with Crippen LogP contribution in [-0.4, -0.2) is 57.9 Å². The number of para-hydroxylation sites is 1. The van der Waals surface area contributed by atoms with E-state index in [4.69, 9.17) is 4.74 Å². The maximum absolute atomic E-state index is 13.6. The van der Waals surface area contributed by atoms with E-state index in [1.807, 2.05) is 6.92 Å². The number of aromatic hydroxyl groups is 1. The van der Waals surface area contributed by atoms with E-state index in [1.165, 1.54) is 11.0 Å². The molecule has 1 fully saturated rings. The quantitative estimate of drug-likeness (QED) is 0.390. The summed E-state index contributed by atoms with van der Waals surface area (Å²) in [6.45, 7) is 7.36. The Morgan fingerprint density at radius 1 is 1.18 bits per heavy atom. The van der Waals surface area contributed by atoms with Crippen LogP contribution in [0, 0.1) is 0 Å². The molecule has 0 heterocycles. The number of carbonyl (C=O) groups is 3. The summed E-state index contributed by atoms with van der Waals surface area (Å²) in [5, 5.41) is 16.3. The molecule has 0 aliphatic heterocycles. The van der Waals surface area contributed by atoms with E-state index in [0.29, 0.717) is 12.0 Å². The van der Waals surface area contributed by atoms with Gasteiger partial charge in [-0.2, -0.15) is 12.6 Å². The van der Waals surface area contributed by atoms with Crippen molar-refractivity contribution >= 4 is 30.5 Å². The first kappa shape index (κ1) is 27.8. The van der Waals surface area contributed by atoms with Gasteiger partial charge in [-0.05, 0) is 46.1 Å². The van der Waals surface area contributed by atoms with Crippen molar-refractivity contribution in [1.82, 2.24) is 15.5 Å². The molecule has 9 heteroatoms. The number of ether oxygens (including phenoxy) is 1. The van der Waals surface area contributed by atoms with E-state index in [0.717, 1.165) is 32.1 Å². The van der Waals surface area contributed by atoms with Crippen LogP contribution in [0.4, 0.5) is 4.79 Å². The second-order valence-corrected chi connectivity index (χ2v) is 10.1. The zero-order valence-electron chi connectivity index (χ0n) is 20.7. The van der Waals surface area contributed by atoms with E-state index in [9.17, 15) is 19.5 Å². The van der Waals surface area contributed by atoms with Crippen molar-refractivity contribution in [3.8, 4) is 5.75 Å². The van der Waals surface area contributed by atoms with Crippen molar-refractivity contribution in [2.75, 3.05) is 12.3 Å². The molecule has 1 aliphatic rings. The fourth-order valence-electron chi connectivity index (χ4n) is 4.14. The van der Waals surface area contributed by atoms with Crippen LogP contribution in [0.25, 0.3) is 0 Å². The molecule has 2 rings (SSSR count). The molecular formula is C25H39N3O5S. The minimum atomic E-state index is -1.04. The fraction of sp³-hybridized carbons (Fsp3) is 0.640. The van der Waals surface area contributed by atoms with Crippen molar-refractivity contribution in [3.05, 3.63) is 29.8 Å². The molecule has 3 N–H and O–H groups in total. The van der Waals surface area contributed by atoms with Gasteiger partial charge in [-0.3, -0.25) is 9.59 Å². The Labute approximate surface area is 208 Å². The van der Waals surface area contributed by atoms with Crippen LogP contribution in [0.15, 0.2) is 24.3 Å². The van der Waals surface area contributed by atoms with E-state index >= 15 is 0 Å². The number of thiol groups is 1. The molecule has 190 valence electrons. The van der Waals surface area contributed by atoms with Crippen LogP contribution in [-0.2, 0) is 14.3 Å². The molecule has 0 aromatic heterocycles. The van der Waals surface area contributed by atoms with Gasteiger partial charge in [0.25, 0.3) is 0 Å². The van der Waals surface area contributed by atoms with Gasteiger partial charge in [0, 0.05) is 23.9 Å². The maximum atomic E-state index is 13.6. The highest BCUT2D eigenvalue weighted by molar-refractivity contribution is 7.80. The molecule has 8 nitrogen and oxygen atoms in total. The Bertz CT molecular complexity index is 836. The SMILES string of the molecule is CCCN(C(=O)C(CS)NC(=O)OC(C)(C)C)C(C(=O)NC1CCCCC1)c1ccccc1O. The Hall–Kier alpha value is -2.42. The summed E-state index contributed by atoms with van der Waals surface area (Å²) in [6.07, 6.45) is 4.87. The fourth-order valence-corrected chi connectivity index (χ4v) is 4.39. The van der Waals surface area contributed by atoms with Gasteiger partial charge < -0.3 is 25.4 Å². The van der Waals surface area contributed by atoms with Gasteiger partial charge in [-0.1, -0.05) is 44.4 Å². The number of amides is 3. The molecule has 1 aromatic carbocycles. The first-order valence-electron chi connectivity index (χ1n) is 12.1. The van der Waals surface area contributed by atoms with Gasteiger partial charge in [-0.25, -0.2) is 4.79 Å². The number of alkyl carbamates (subject to hydrolysis) is 1. The van der Waals surface area contributed by atoms with E-state index < -0.39 is 29.7 Å². The van der Waals surface area contributed by atoms with Crippen LogP contribution in [0.3, 0.4) is 0 Å². The number of rotatable bonds is 9. The lowest BCUT2D eigenvalue weighted by Gasteiger charge is -2.35. The summed E-state index contributed by atoms with van der Waals surface area (Å²) in [5.74, 6) is -0.849. The van der Waals surface area contributed by atoms with Crippen molar-refractivity contribution in [3.63, 3.8) is 0 Å². The molecule has 1 aromatic rings. The molecule has 0 bridgehead atoms. The minimum absolute atomic E-state index is 0.0238. The van der Waals surface area contributed by atoms with Crippen LogP contribution in [0.1, 0.15) is 77.8 Å². The minimum Gasteiger partial charge on any atom is -0.508 e. The summed E-state index contributed by atoms with van der Waals surface area (Å²) >= 11 is 4.27. The summed E-state index contributed by atoms with van der Waals surface area (Å²) < 4.78 is 5.30. The summed E-state index contributed by atoms with van der Waals surface area (Å²) in [5.41, 5.74) is -0.386. The number of nitrogens with zero attached hydrogens (tertiary/aromatic N) is 1. The molecule has 0 radical (unpaired) electrons. The molecule has 2 unspecified atom stereocenters. The van der Waals surface area contributed by atoms with Gasteiger partial charge in [0.2, 0.25) is 11.8 Å². The second kappa shape index (κ2) is 12.9. The van der Waals surface area contributed by atoms with Crippen molar-refractivity contribution in [1.29, 1.82) is 0 Å². The highest BCUT2D eigenvalue weighted by Crippen LogP contribution is 2.30. The molecule has 1 aliphatic carbocycles. The van der Waals surface area contributed by atoms with Crippen LogP contribution < -0.4 is 10.6 Å². The van der Waals surface area contributed by atoms with Gasteiger partial charge in [0.05, 0.1) is 0 Å². The summed E-state index contributed by atoms with van der Waals surface area (Å²) in [4.78, 5) is 41.0. The van der Waals surface area contributed by atoms with Gasteiger partial charge in [0.15, 0.2) is 0 Å². The lowest BCUT2D eigenvalue weighted by molar-refractivity contribution is -0.142.